The molecule has 0 aliphatic carbocycles. The van der Waals surface area contributed by atoms with Gasteiger partial charge in [-0.3, -0.25) is 9.59 Å². The van der Waals surface area contributed by atoms with Crippen LogP contribution in [0.25, 0.3) is 0 Å². The molecule has 0 fully saturated rings. The number of carbonyl (C=O) groups excluding carboxylic acids is 2. The first-order chi connectivity index (χ1) is 12.6. The standard InChI is InChI=1S/C19H24N2O4S/c1-3-24-15-8-7-14(12-16(15)25-4-2)9-10-20-18(22)13-21-19(23)17-6-5-11-26-17/h5-8,11-12H,3-4,9-10,13H2,1-2H3,(H,20,22)(H,21,23). The monoisotopic (exact) mass is 376 g/mol. The predicted molar refractivity (Wildman–Crippen MR) is 102 cm³/mol. The topological polar surface area (TPSA) is 76.7 Å². The van der Waals surface area contributed by atoms with Crippen LogP contribution < -0.4 is 20.1 Å². The highest BCUT2D eigenvalue weighted by Crippen LogP contribution is 2.28. The zero-order valence-electron chi connectivity index (χ0n) is 15.0. The molecule has 0 spiro atoms. The lowest BCUT2D eigenvalue weighted by molar-refractivity contribution is -0.120. The van der Waals surface area contributed by atoms with Gasteiger partial charge in [-0.1, -0.05) is 12.1 Å². The van der Waals surface area contributed by atoms with Crippen LogP contribution >= 0.6 is 11.3 Å². The highest BCUT2D eigenvalue weighted by Gasteiger charge is 2.09. The SMILES string of the molecule is CCOc1ccc(CCNC(=O)CNC(=O)c2cccs2)cc1OCC. The molecule has 0 bridgehead atoms. The highest BCUT2D eigenvalue weighted by molar-refractivity contribution is 7.12. The number of rotatable bonds is 10. The van der Waals surface area contributed by atoms with Crippen LogP contribution in [0.5, 0.6) is 11.5 Å². The molecule has 2 N–H and O–H groups in total. The van der Waals surface area contributed by atoms with E-state index in [4.69, 9.17) is 9.47 Å². The number of benzene rings is 1. The third-order valence-electron chi connectivity index (χ3n) is 3.50. The van der Waals surface area contributed by atoms with E-state index < -0.39 is 0 Å². The first-order valence-electron chi connectivity index (χ1n) is 8.61. The summed E-state index contributed by atoms with van der Waals surface area (Å²) in [5.74, 6) is 0.980. The van der Waals surface area contributed by atoms with Gasteiger partial charge in [-0.2, -0.15) is 0 Å². The Bertz CT molecular complexity index is 716. The van der Waals surface area contributed by atoms with Crippen molar-refractivity contribution in [1.82, 2.24) is 10.6 Å². The lowest BCUT2D eigenvalue weighted by Crippen LogP contribution is -2.37. The Labute approximate surface area is 157 Å². The van der Waals surface area contributed by atoms with Gasteiger partial charge >= 0.3 is 0 Å². The van der Waals surface area contributed by atoms with Gasteiger partial charge < -0.3 is 20.1 Å². The number of amides is 2. The highest BCUT2D eigenvalue weighted by atomic mass is 32.1. The van der Waals surface area contributed by atoms with Gasteiger partial charge in [0.05, 0.1) is 24.6 Å². The molecule has 1 heterocycles. The fourth-order valence-corrected chi connectivity index (χ4v) is 2.96. The van der Waals surface area contributed by atoms with E-state index in [9.17, 15) is 9.59 Å². The molecule has 0 unspecified atom stereocenters. The maximum absolute atomic E-state index is 11.8. The molecular weight excluding hydrogens is 352 g/mol. The summed E-state index contributed by atoms with van der Waals surface area (Å²) >= 11 is 1.34. The first kappa shape index (κ1) is 19.8. The molecule has 2 rings (SSSR count). The van der Waals surface area contributed by atoms with E-state index >= 15 is 0 Å². The smallest absolute Gasteiger partial charge is 0.261 e. The Kier molecular flexibility index (Phi) is 7.95. The average molecular weight is 376 g/mol. The van der Waals surface area contributed by atoms with Crippen LogP contribution in [-0.4, -0.2) is 38.1 Å². The Morgan fingerprint density at radius 2 is 1.81 bits per heavy atom. The van der Waals surface area contributed by atoms with Crippen LogP contribution in [-0.2, 0) is 11.2 Å². The van der Waals surface area contributed by atoms with Crippen molar-refractivity contribution >= 4 is 23.2 Å². The second kappa shape index (κ2) is 10.5. The summed E-state index contributed by atoms with van der Waals surface area (Å²) in [5, 5.41) is 7.23. The Hall–Kier alpha value is -2.54. The lowest BCUT2D eigenvalue weighted by atomic mass is 10.1. The van der Waals surface area contributed by atoms with Crippen molar-refractivity contribution in [3.63, 3.8) is 0 Å². The molecule has 0 saturated carbocycles. The van der Waals surface area contributed by atoms with Crippen LogP contribution in [0.4, 0.5) is 0 Å². The van der Waals surface area contributed by atoms with Gasteiger partial charge in [0.25, 0.3) is 5.91 Å². The van der Waals surface area contributed by atoms with Gasteiger partial charge in [0, 0.05) is 6.54 Å². The molecule has 2 amide bonds. The largest absolute Gasteiger partial charge is 0.490 e. The molecule has 140 valence electrons. The second-order valence-electron chi connectivity index (χ2n) is 5.41. The van der Waals surface area contributed by atoms with Crippen molar-refractivity contribution in [2.75, 3.05) is 26.3 Å². The molecule has 0 aliphatic rings. The predicted octanol–water partition coefficient (Wildman–Crippen LogP) is 2.63. The minimum Gasteiger partial charge on any atom is -0.490 e. The van der Waals surface area contributed by atoms with Gasteiger partial charge in [-0.05, 0) is 49.4 Å². The molecule has 26 heavy (non-hydrogen) atoms. The Balaban J connectivity index is 1.77. The average Bonchev–Trinajstić information content (AvgIpc) is 3.17. The Morgan fingerprint density at radius 3 is 2.50 bits per heavy atom. The van der Waals surface area contributed by atoms with Gasteiger partial charge in [0.2, 0.25) is 5.91 Å². The van der Waals surface area contributed by atoms with Crippen molar-refractivity contribution in [3.05, 3.63) is 46.2 Å². The lowest BCUT2D eigenvalue weighted by Gasteiger charge is -2.12. The minimum atomic E-state index is -0.233. The molecular formula is C19H24N2O4S. The summed E-state index contributed by atoms with van der Waals surface area (Å²) in [5.41, 5.74) is 1.04. The number of ether oxygens (including phenoxy) is 2. The Morgan fingerprint density at radius 1 is 1.04 bits per heavy atom. The molecule has 0 saturated heterocycles. The number of carbonyl (C=O) groups is 2. The van der Waals surface area contributed by atoms with Crippen molar-refractivity contribution in [3.8, 4) is 11.5 Å². The molecule has 7 heteroatoms. The number of hydrogen-bond acceptors (Lipinski definition) is 5. The third-order valence-corrected chi connectivity index (χ3v) is 4.37. The molecule has 6 nitrogen and oxygen atoms in total. The summed E-state index contributed by atoms with van der Waals surface area (Å²) in [6, 6.07) is 9.29. The minimum absolute atomic E-state index is 0.0375. The zero-order valence-corrected chi connectivity index (χ0v) is 15.9. The maximum Gasteiger partial charge on any atom is 0.261 e. The maximum atomic E-state index is 11.8. The fourth-order valence-electron chi connectivity index (χ4n) is 2.32. The molecule has 1 aromatic heterocycles. The van der Waals surface area contributed by atoms with Gasteiger partial charge in [-0.25, -0.2) is 0 Å². The summed E-state index contributed by atoms with van der Waals surface area (Å²) in [6.45, 7) is 5.43. The summed E-state index contributed by atoms with van der Waals surface area (Å²) in [7, 11) is 0. The second-order valence-corrected chi connectivity index (χ2v) is 6.35. The third kappa shape index (κ3) is 6.07. The number of nitrogens with one attached hydrogen (secondary N) is 2. The summed E-state index contributed by atoms with van der Waals surface area (Å²) in [6.07, 6.45) is 0.664. The number of hydrogen-bond donors (Lipinski definition) is 2. The van der Waals surface area contributed by atoms with E-state index in [1.165, 1.54) is 11.3 Å². The molecule has 0 aliphatic heterocycles. The van der Waals surface area contributed by atoms with Crippen LogP contribution in [0.2, 0.25) is 0 Å². The van der Waals surface area contributed by atoms with Gasteiger partial charge in [-0.15, -0.1) is 11.3 Å². The van der Waals surface area contributed by atoms with E-state index in [-0.39, 0.29) is 18.4 Å². The first-order valence-corrected chi connectivity index (χ1v) is 9.49. The van der Waals surface area contributed by atoms with Crippen LogP contribution in [0.1, 0.15) is 29.1 Å². The van der Waals surface area contributed by atoms with Crippen molar-refractivity contribution in [2.45, 2.75) is 20.3 Å². The van der Waals surface area contributed by atoms with E-state index in [2.05, 4.69) is 10.6 Å². The fraction of sp³-hybridized carbons (Fsp3) is 0.368. The van der Waals surface area contributed by atoms with Gasteiger partial charge in [0.15, 0.2) is 11.5 Å². The zero-order chi connectivity index (χ0) is 18.8. The van der Waals surface area contributed by atoms with Crippen LogP contribution in [0.15, 0.2) is 35.7 Å². The summed E-state index contributed by atoms with van der Waals surface area (Å²) < 4.78 is 11.1. The van der Waals surface area contributed by atoms with Crippen LogP contribution in [0, 0.1) is 0 Å². The molecule has 0 atom stereocenters. The van der Waals surface area contributed by atoms with E-state index in [0.29, 0.717) is 36.8 Å². The normalized spacial score (nSPS) is 10.2. The van der Waals surface area contributed by atoms with Crippen LogP contribution in [0.3, 0.4) is 0 Å². The molecule has 2 aromatic rings. The van der Waals surface area contributed by atoms with E-state index in [1.54, 1.807) is 12.1 Å². The molecule has 0 radical (unpaired) electrons. The summed E-state index contributed by atoms with van der Waals surface area (Å²) in [4.78, 5) is 24.2. The van der Waals surface area contributed by atoms with Crippen molar-refractivity contribution in [2.24, 2.45) is 0 Å². The molecule has 1 aromatic carbocycles. The van der Waals surface area contributed by atoms with E-state index in [0.717, 1.165) is 11.3 Å². The quantitative estimate of drug-likeness (QED) is 0.668. The van der Waals surface area contributed by atoms with Gasteiger partial charge in [0.1, 0.15) is 0 Å². The number of thiophene rings is 1. The van der Waals surface area contributed by atoms with E-state index in [1.807, 2.05) is 37.4 Å². The van der Waals surface area contributed by atoms with Crippen molar-refractivity contribution < 1.29 is 19.1 Å². The van der Waals surface area contributed by atoms with Crippen molar-refractivity contribution in [1.29, 1.82) is 0 Å².